The molecule has 0 bridgehead atoms. The van der Waals surface area contributed by atoms with Crippen molar-refractivity contribution in [2.75, 3.05) is 26.2 Å². The third-order valence-corrected chi connectivity index (χ3v) is 5.91. The molecule has 1 saturated heterocycles. The van der Waals surface area contributed by atoms with Crippen molar-refractivity contribution < 1.29 is 4.79 Å². The first-order valence-electron chi connectivity index (χ1n) is 11.0. The van der Waals surface area contributed by atoms with Crippen LogP contribution in [0.5, 0.6) is 0 Å². The summed E-state index contributed by atoms with van der Waals surface area (Å²) in [4.78, 5) is 14.7. The highest BCUT2D eigenvalue weighted by molar-refractivity contribution is 5.81. The summed E-state index contributed by atoms with van der Waals surface area (Å²) >= 11 is 0. The van der Waals surface area contributed by atoms with E-state index in [2.05, 4.69) is 40.5 Å². The van der Waals surface area contributed by atoms with E-state index in [9.17, 15) is 4.79 Å². The topological polar surface area (TPSA) is 58.4 Å². The predicted molar refractivity (Wildman–Crippen MR) is 120 cm³/mol. The summed E-state index contributed by atoms with van der Waals surface area (Å²) < 4.78 is 0. The smallest absolute Gasteiger partial charge is 0.237 e. The van der Waals surface area contributed by atoms with Crippen LogP contribution < -0.4 is 11.1 Å². The number of piperidine rings is 1. The van der Waals surface area contributed by atoms with Crippen molar-refractivity contribution in [2.45, 2.75) is 44.6 Å². The third kappa shape index (κ3) is 7.64. The van der Waals surface area contributed by atoms with Gasteiger partial charge in [-0.3, -0.25) is 4.79 Å². The van der Waals surface area contributed by atoms with E-state index in [1.807, 2.05) is 30.3 Å². The SMILES string of the molecule is NC(Cc1ccccc1)C(=O)NCCCCN1CCC(Cc2ccccc2)CC1. The zero-order valence-corrected chi connectivity index (χ0v) is 17.4. The fourth-order valence-electron chi connectivity index (χ4n) is 4.13. The second-order valence-corrected chi connectivity index (χ2v) is 8.27. The zero-order valence-electron chi connectivity index (χ0n) is 17.4. The van der Waals surface area contributed by atoms with E-state index in [4.69, 9.17) is 5.73 Å². The Morgan fingerprint density at radius 2 is 1.59 bits per heavy atom. The molecule has 1 aliphatic rings. The number of unbranched alkanes of at least 4 members (excludes halogenated alkanes) is 1. The van der Waals surface area contributed by atoms with Crippen molar-refractivity contribution in [3.05, 3.63) is 71.8 Å². The standard InChI is InChI=1S/C25H35N3O/c26-24(20-22-11-5-2-6-12-22)25(29)27-15-7-8-16-28-17-13-23(14-18-28)19-21-9-3-1-4-10-21/h1-6,9-12,23-24H,7-8,13-20,26H2,(H,27,29). The van der Waals surface area contributed by atoms with Crippen molar-refractivity contribution in [1.29, 1.82) is 0 Å². The van der Waals surface area contributed by atoms with E-state index >= 15 is 0 Å². The molecular formula is C25H35N3O. The summed E-state index contributed by atoms with van der Waals surface area (Å²) in [6, 6.07) is 20.3. The van der Waals surface area contributed by atoms with Gasteiger partial charge in [0.1, 0.15) is 0 Å². The van der Waals surface area contributed by atoms with Gasteiger partial charge in [0, 0.05) is 6.54 Å². The molecule has 1 aliphatic heterocycles. The van der Waals surface area contributed by atoms with Crippen molar-refractivity contribution in [3.63, 3.8) is 0 Å². The highest BCUT2D eigenvalue weighted by Crippen LogP contribution is 2.21. The number of benzene rings is 2. The molecule has 0 aromatic heterocycles. The van der Waals surface area contributed by atoms with Crippen molar-refractivity contribution in [2.24, 2.45) is 11.7 Å². The number of nitrogens with two attached hydrogens (primary N) is 1. The summed E-state index contributed by atoms with van der Waals surface area (Å²) in [5.41, 5.74) is 8.60. The maximum absolute atomic E-state index is 12.2. The molecule has 4 nitrogen and oxygen atoms in total. The molecule has 156 valence electrons. The van der Waals surface area contributed by atoms with Gasteiger partial charge in [-0.15, -0.1) is 0 Å². The number of hydrogen-bond donors (Lipinski definition) is 2. The lowest BCUT2D eigenvalue weighted by atomic mass is 9.90. The van der Waals surface area contributed by atoms with Gasteiger partial charge in [0.15, 0.2) is 0 Å². The quantitative estimate of drug-likeness (QED) is 0.608. The Hall–Kier alpha value is -2.17. The molecule has 1 fully saturated rings. The molecule has 3 rings (SSSR count). The highest BCUT2D eigenvalue weighted by atomic mass is 16.2. The zero-order chi connectivity index (χ0) is 20.3. The predicted octanol–water partition coefficient (Wildman–Crippen LogP) is 3.41. The molecule has 0 radical (unpaired) electrons. The Morgan fingerprint density at radius 1 is 0.966 bits per heavy atom. The van der Waals surface area contributed by atoms with E-state index in [1.165, 1.54) is 37.9 Å². The molecule has 2 aromatic rings. The van der Waals surface area contributed by atoms with Crippen LogP contribution in [-0.2, 0) is 17.6 Å². The molecule has 1 atom stereocenters. The Labute approximate surface area is 175 Å². The first-order valence-corrected chi connectivity index (χ1v) is 11.0. The third-order valence-electron chi connectivity index (χ3n) is 5.91. The number of carbonyl (C=O) groups excluding carboxylic acids is 1. The van der Waals surface area contributed by atoms with E-state index in [1.54, 1.807) is 0 Å². The molecule has 1 heterocycles. The van der Waals surface area contributed by atoms with Gasteiger partial charge in [0.05, 0.1) is 6.04 Å². The number of nitrogens with zero attached hydrogens (tertiary/aromatic N) is 1. The summed E-state index contributed by atoms with van der Waals surface area (Å²) in [6.45, 7) is 4.24. The maximum Gasteiger partial charge on any atom is 0.237 e. The highest BCUT2D eigenvalue weighted by Gasteiger charge is 2.19. The second kappa shape index (κ2) is 11.7. The average molecular weight is 394 g/mol. The van der Waals surface area contributed by atoms with Gasteiger partial charge in [-0.25, -0.2) is 0 Å². The molecule has 1 amide bonds. The fourth-order valence-corrected chi connectivity index (χ4v) is 4.13. The van der Waals surface area contributed by atoms with Gasteiger partial charge in [-0.1, -0.05) is 60.7 Å². The molecule has 29 heavy (non-hydrogen) atoms. The van der Waals surface area contributed by atoms with Gasteiger partial charge in [-0.2, -0.15) is 0 Å². The second-order valence-electron chi connectivity index (χ2n) is 8.27. The maximum atomic E-state index is 12.2. The number of carbonyl (C=O) groups is 1. The first-order chi connectivity index (χ1) is 14.2. The molecule has 4 heteroatoms. The van der Waals surface area contributed by atoms with Crippen LogP contribution in [0.1, 0.15) is 36.8 Å². The van der Waals surface area contributed by atoms with Crippen molar-refractivity contribution >= 4 is 5.91 Å². The number of nitrogens with one attached hydrogen (secondary N) is 1. The Kier molecular flexibility index (Phi) is 8.72. The minimum absolute atomic E-state index is 0.0458. The summed E-state index contributed by atoms with van der Waals surface area (Å²) in [5.74, 6) is 0.773. The molecule has 0 aliphatic carbocycles. The van der Waals surface area contributed by atoms with E-state index in [0.29, 0.717) is 13.0 Å². The summed E-state index contributed by atoms with van der Waals surface area (Å²) in [7, 11) is 0. The van der Waals surface area contributed by atoms with Crippen molar-refractivity contribution in [3.8, 4) is 0 Å². The molecule has 0 saturated carbocycles. The molecular weight excluding hydrogens is 358 g/mol. The van der Waals surface area contributed by atoms with Crippen molar-refractivity contribution in [1.82, 2.24) is 10.2 Å². The Morgan fingerprint density at radius 3 is 2.24 bits per heavy atom. The van der Waals surface area contributed by atoms with Gasteiger partial charge < -0.3 is 16.0 Å². The van der Waals surface area contributed by atoms with Crippen LogP contribution in [0.4, 0.5) is 0 Å². The molecule has 0 spiro atoms. The largest absolute Gasteiger partial charge is 0.355 e. The Balaban J connectivity index is 1.23. The lowest BCUT2D eigenvalue weighted by Gasteiger charge is -2.32. The van der Waals surface area contributed by atoms with Gasteiger partial charge in [0.25, 0.3) is 0 Å². The molecule has 2 aromatic carbocycles. The van der Waals surface area contributed by atoms with Gasteiger partial charge in [0.2, 0.25) is 5.91 Å². The van der Waals surface area contributed by atoms with Crippen LogP contribution >= 0.6 is 0 Å². The minimum atomic E-state index is -0.471. The van der Waals surface area contributed by atoms with E-state index in [-0.39, 0.29) is 5.91 Å². The number of hydrogen-bond acceptors (Lipinski definition) is 3. The lowest BCUT2D eigenvalue weighted by molar-refractivity contribution is -0.122. The normalized spacial score (nSPS) is 16.4. The first kappa shape index (κ1) is 21.5. The van der Waals surface area contributed by atoms with Crippen LogP contribution in [0.3, 0.4) is 0 Å². The average Bonchev–Trinajstić information content (AvgIpc) is 2.76. The minimum Gasteiger partial charge on any atom is -0.355 e. The number of amides is 1. The van der Waals surface area contributed by atoms with Gasteiger partial charge in [-0.05, 0) is 75.2 Å². The van der Waals surface area contributed by atoms with E-state index < -0.39 is 6.04 Å². The fraction of sp³-hybridized carbons (Fsp3) is 0.480. The van der Waals surface area contributed by atoms with Crippen LogP contribution in [-0.4, -0.2) is 43.0 Å². The summed E-state index contributed by atoms with van der Waals surface area (Å²) in [5, 5.41) is 2.99. The monoisotopic (exact) mass is 393 g/mol. The Bertz CT molecular complexity index is 711. The van der Waals surface area contributed by atoms with Gasteiger partial charge >= 0.3 is 0 Å². The number of likely N-dealkylation sites (tertiary alicyclic amines) is 1. The van der Waals surface area contributed by atoms with Crippen LogP contribution in [0.2, 0.25) is 0 Å². The van der Waals surface area contributed by atoms with Crippen LogP contribution in [0.15, 0.2) is 60.7 Å². The summed E-state index contributed by atoms with van der Waals surface area (Å²) in [6.07, 6.45) is 6.51. The lowest BCUT2D eigenvalue weighted by Crippen LogP contribution is -2.42. The molecule has 3 N–H and O–H groups in total. The van der Waals surface area contributed by atoms with E-state index in [0.717, 1.165) is 30.9 Å². The molecule has 1 unspecified atom stereocenters. The van der Waals surface area contributed by atoms with Crippen LogP contribution in [0, 0.1) is 5.92 Å². The number of rotatable bonds is 10. The van der Waals surface area contributed by atoms with Crippen LogP contribution in [0.25, 0.3) is 0 Å².